The Balaban J connectivity index is 1.62. The standard InChI is InChI=1S/C20H22ClFN4O2/c1-3-26-7-6-13(22)15(10-26)24-20-25-19-17(28-20)5-4-14(23-19)18-11(2)8-12(21)9-16(18)27/h4-5,8-9,13,15,27H,3,6-7,10H2,1-2H3,(H,23,24,25)/t13-,15+/m0/s1. The Morgan fingerprint density at radius 1 is 1.36 bits per heavy atom. The highest BCUT2D eigenvalue weighted by atomic mass is 35.5. The molecule has 1 saturated heterocycles. The van der Waals surface area contributed by atoms with Crippen LogP contribution in [0.1, 0.15) is 18.9 Å². The number of anilines is 1. The van der Waals surface area contributed by atoms with Gasteiger partial charge in [0.05, 0.1) is 11.7 Å². The number of alkyl halides is 1. The van der Waals surface area contributed by atoms with Gasteiger partial charge in [0.2, 0.25) is 5.65 Å². The molecule has 8 heteroatoms. The van der Waals surface area contributed by atoms with Crippen molar-refractivity contribution in [2.75, 3.05) is 25.0 Å². The summed E-state index contributed by atoms with van der Waals surface area (Å²) in [5, 5.41) is 13.8. The number of pyridine rings is 1. The van der Waals surface area contributed by atoms with Crippen molar-refractivity contribution in [2.24, 2.45) is 0 Å². The van der Waals surface area contributed by atoms with Crippen LogP contribution in [0.25, 0.3) is 22.5 Å². The molecule has 1 aromatic carbocycles. The fourth-order valence-electron chi connectivity index (χ4n) is 3.65. The van der Waals surface area contributed by atoms with Crippen LogP contribution in [0.4, 0.5) is 10.4 Å². The van der Waals surface area contributed by atoms with E-state index >= 15 is 0 Å². The second kappa shape index (κ2) is 7.56. The lowest BCUT2D eigenvalue weighted by molar-refractivity contribution is 0.140. The van der Waals surface area contributed by atoms with E-state index in [9.17, 15) is 9.50 Å². The summed E-state index contributed by atoms with van der Waals surface area (Å²) >= 11 is 5.98. The minimum absolute atomic E-state index is 0.0563. The van der Waals surface area contributed by atoms with E-state index in [-0.39, 0.29) is 17.8 Å². The number of benzene rings is 1. The van der Waals surface area contributed by atoms with Gasteiger partial charge in [0.15, 0.2) is 5.58 Å². The van der Waals surface area contributed by atoms with Crippen LogP contribution in [0.5, 0.6) is 5.75 Å². The van der Waals surface area contributed by atoms with Crippen LogP contribution in [-0.4, -0.2) is 51.8 Å². The fraction of sp³-hybridized carbons (Fsp3) is 0.400. The Morgan fingerprint density at radius 3 is 2.93 bits per heavy atom. The van der Waals surface area contributed by atoms with E-state index in [1.165, 1.54) is 6.07 Å². The molecule has 2 atom stereocenters. The number of likely N-dealkylation sites (N-methyl/N-ethyl adjacent to an activating group) is 1. The molecule has 0 bridgehead atoms. The second-order valence-electron chi connectivity index (χ2n) is 7.10. The van der Waals surface area contributed by atoms with Gasteiger partial charge in [-0.2, -0.15) is 4.98 Å². The maximum Gasteiger partial charge on any atom is 0.297 e. The molecule has 0 saturated carbocycles. The van der Waals surface area contributed by atoms with Gasteiger partial charge in [0.25, 0.3) is 6.01 Å². The van der Waals surface area contributed by atoms with E-state index in [1.54, 1.807) is 18.2 Å². The van der Waals surface area contributed by atoms with Crippen molar-refractivity contribution in [3.63, 3.8) is 0 Å². The number of aromatic nitrogens is 2. The van der Waals surface area contributed by atoms with Crippen molar-refractivity contribution in [3.8, 4) is 17.0 Å². The number of fused-ring (bicyclic) bond motifs is 1. The number of hydrogen-bond acceptors (Lipinski definition) is 6. The number of rotatable bonds is 4. The minimum Gasteiger partial charge on any atom is -0.507 e. The summed E-state index contributed by atoms with van der Waals surface area (Å²) in [5.74, 6) is 0.0563. The van der Waals surface area contributed by atoms with Gasteiger partial charge in [0.1, 0.15) is 11.9 Å². The smallest absolute Gasteiger partial charge is 0.297 e. The van der Waals surface area contributed by atoms with E-state index in [2.05, 4.69) is 27.1 Å². The summed E-state index contributed by atoms with van der Waals surface area (Å²) in [7, 11) is 0. The number of oxazole rings is 1. The largest absolute Gasteiger partial charge is 0.507 e. The van der Waals surface area contributed by atoms with Gasteiger partial charge in [-0.1, -0.05) is 18.5 Å². The van der Waals surface area contributed by atoms with Gasteiger partial charge < -0.3 is 19.7 Å². The lowest BCUT2D eigenvalue weighted by Gasteiger charge is -2.34. The van der Waals surface area contributed by atoms with E-state index < -0.39 is 6.17 Å². The lowest BCUT2D eigenvalue weighted by Crippen LogP contribution is -2.48. The maximum atomic E-state index is 14.3. The van der Waals surface area contributed by atoms with Crippen LogP contribution in [0.2, 0.25) is 5.02 Å². The Kier molecular flexibility index (Phi) is 5.12. The monoisotopic (exact) mass is 404 g/mol. The summed E-state index contributed by atoms with van der Waals surface area (Å²) in [4.78, 5) is 11.1. The number of phenols is 1. The first-order valence-electron chi connectivity index (χ1n) is 9.34. The van der Waals surface area contributed by atoms with Crippen molar-refractivity contribution in [3.05, 3.63) is 34.9 Å². The summed E-state index contributed by atoms with van der Waals surface area (Å²) in [6.45, 7) is 6.17. The third kappa shape index (κ3) is 3.64. The molecular formula is C20H22ClFN4O2. The first-order valence-corrected chi connectivity index (χ1v) is 9.72. The maximum absolute atomic E-state index is 14.3. The van der Waals surface area contributed by atoms with Crippen LogP contribution < -0.4 is 5.32 Å². The van der Waals surface area contributed by atoms with Crippen molar-refractivity contribution in [2.45, 2.75) is 32.5 Å². The first-order chi connectivity index (χ1) is 13.4. The fourth-order valence-corrected chi connectivity index (χ4v) is 3.92. The molecule has 0 spiro atoms. The molecule has 3 heterocycles. The van der Waals surface area contributed by atoms with Crippen molar-refractivity contribution >= 4 is 28.8 Å². The van der Waals surface area contributed by atoms with Crippen LogP contribution in [-0.2, 0) is 0 Å². The Labute approximate surface area is 167 Å². The number of halogens is 2. The highest BCUT2D eigenvalue weighted by molar-refractivity contribution is 6.31. The van der Waals surface area contributed by atoms with E-state index in [1.807, 2.05) is 6.92 Å². The average molecular weight is 405 g/mol. The molecule has 2 N–H and O–H groups in total. The van der Waals surface area contributed by atoms with Crippen LogP contribution in [0, 0.1) is 6.92 Å². The molecule has 0 radical (unpaired) electrons. The Hall–Kier alpha value is -2.38. The number of likely N-dealkylation sites (tertiary alicyclic amines) is 1. The van der Waals surface area contributed by atoms with Gasteiger partial charge in [0, 0.05) is 23.7 Å². The normalized spacial score (nSPS) is 20.6. The van der Waals surface area contributed by atoms with Gasteiger partial charge in [-0.05, 0) is 49.7 Å². The number of aryl methyl sites for hydroxylation is 1. The van der Waals surface area contributed by atoms with Crippen molar-refractivity contribution in [1.82, 2.24) is 14.9 Å². The average Bonchev–Trinajstić information content (AvgIpc) is 3.04. The molecule has 0 aliphatic carbocycles. The van der Waals surface area contributed by atoms with Crippen LogP contribution in [0.3, 0.4) is 0 Å². The van der Waals surface area contributed by atoms with Gasteiger partial charge in [-0.3, -0.25) is 0 Å². The van der Waals surface area contributed by atoms with Crippen molar-refractivity contribution in [1.29, 1.82) is 0 Å². The molecule has 3 aromatic rings. The van der Waals surface area contributed by atoms with E-state index in [0.29, 0.717) is 40.5 Å². The number of aromatic hydroxyl groups is 1. The zero-order valence-corrected chi connectivity index (χ0v) is 16.5. The third-order valence-corrected chi connectivity index (χ3v) is 5.38. The minimum atomic E-state index is -0.949. The topological polar surface area (TPSA) is 74.4 Å². The number of phenolic OH excluding ortho intramolecular Hbond substituents is 1. The summed E-state index contributed by atoms with van der Waals surface area (Å²) < 4.78 is 20.0. The number of nitrogens with zero attached hydrogens (tertiary/aromatic N) is 3. The molecule has 4 rings (SSSR count). The molecular weight excluding hydrogens is 383 g/mol. The first kappa shape index (κ1) is 19.0. The van der Waals surface area contributed by atoms with Gasteiger partial charge >= 0.3 is 0 Å². The molecule has 1 aliphatic rings. The zero-order chi connectivity index (χ0) is 19.8. The molecule has 2 aromatic heterocycles. The molecule has 1 fully saturated rings. The molecule has 0 amide bonds. The predicted molar refractivity (Wildman–Crippen MR) is 108 cm³/mol. The van der Waals surface area contributed by atoms with Crippen LogP contribution >= 0.6 is 11.6 Å². The molecule has 6 nitrogen and oxygen atoms in total. The highest BCUT2D eigenvalue weighted by Crippen LogP contribution is 2.35. The molecule has 28 heavy (non-hydrogen) atoms. The Bertz CT molecular complexity index is 986. The number of piperidine rings is 1. The van der Waals surface area contributed by atoms with E-state index in [0.717, 1.165) is 18.7 Å². The number of hydrogen-bond donors (Lipinski definition) is 2. The summed E-state index contributed by atoms with van der Waals surface area (Å²) in [6, 6.07) is 6.63. The quantitative estimate of drug-likeness (QED) is 0.671. The zero-order valence-electron chi connectivity index (χ0n) is 15.7. The van der Waals surface area contributed by atoms with E-state index in [4.69, 9.17) is 16.0 Å². The SMILES string of the molecule is CCN1CC[C@H](F)[C@H](Nc2nc3nc(-c4c(C)cc(Cl)cc4O)ccc3o2)C1. The van der Waals surface area contributed by atoms with Crippen molar-refractivity contribution < 1.29 is 13.9 Å². The molecule has 148 valence electrons. The number of nitrogens with one attached hydrogen (secondary N) is 1. The summed E-state index contributed by atoms with van der Waals surface area (Å²) in [5.41, 5.74) is 2.86. The Morgan fingerprint density at radius 2 is 2.18 bits per heavy atom. The second-order valence-corrected chi connectivity index (χ2v) is 7.54. The van der Waals surface area contributed by atoms with Gasteiger partial charge in [-0.25, -0.2) is 9.37 Å². The van der Waals surface area contributed by atoms with Crippen LogP contribution in [0.15, 0.2) is 28.7 Å². The molecule has 1 aliphatic heterocycles. The summed E-state index contributed by atoms with van der Waals surface area (Å²) in [6.07, 6.45) is -0.460. The molecule has 0 unspecified atom stereocenters. The lowest BCUT2D eigenvalue weighted by atomic mass is 10.0. The van der Waals surface area contributed by atoms with Gasteiger partial charge in [-0.15, -0.1) is 0 Å². The third-order valence-electron chi connectivity index (χ3n) is 5.16. The highest BCUT2D eigenvalue weighted by Gasteiger charge is 2.29. The predicted octanol–water partition coefficient (Wildman–Crippen LogP) is 4.40.